The minimum absolute atomic E-state index is 0.0351. The minimum Gasteiger partial charge on any atom is -0.475 e. The highest BCUT2D eigenvalue weighted by molar-refractivity contribution is 6.99. The van der Waals surface area contributed by atoms with Crippen LogP contribution in [0.3, 0.4) is 0 Å². The molecule has 180 valence electrons. The van der Waals surface area contributed by atoms with Crippen LogP contribution in [0.25, 0.3) is 5.57 Å². The van der Waals surface area contributed by atoms with Gasteiger partial charge in [0.2, 0.25) is 6.73 Å². The van der Waals surface area contributed by atoms with E-state index >= 15 is 0 Å². The molecule has 0 aromatic carbocycles. The Hall–Kier alpha value is -2.24. The van der Waals surface area contributed by atoms with Crippen LogP contribution in [0.2, 0.25) is 0 Å². The molecule has 0 bridgehead atoms. The first-order valence-corrected chi connectivity index (χ1v) is 12.0. The molecule has 1 unspecified atom stereocenters. The molecule has 0 fully saturated rings. The van der Waals surface area contributed by atoms with Crippen LogP contribution in [0, 0.1) is 0 Å². The van der Waals surface area contributed by atoms with Gasteiger partial charge in [0.15, 0.2) is 5.96 Å². The lowest BCUT2D eigenvalue weighted by Gasteiger charge is -2.36. The molecule has 11 heteroatoms. The van der Waals surface area contributed by atoms with E-state index in [0.717, 1.165) is 48.8 Å². The summed E-state index contributed by atoms with van der Waals surface area (Å²) in [7, 11) is 2.07. The van der Waals surface area contributed by atoms with E-state index in [9.17, 15) is 4.79 Å². The molecule has 2 heterocycles. The van der Waals surface area contributed by atoms with Crippen molar-refractivity contribution in [3.8, 4) is 5.88 Å². The number of quaternary nitrogens is 1. The molecule has 32 heavy (non-hydrogen) atoms. The summed E-state index contributed by atoms with van der Waals surface area (Å²) in [6, 6.07) is -0.689. The number of ether oxygens (including phenoxy) is 2. The molecule has 1 aliphatic heterocycles. The zero-order chi connectivity index (χ0) is 23.4. The first kappa shape index (κ1) is 26.0. The Bertz CT molecular complexity index is 779. The number of nitrogens with zero attached hydrogens (tertiary/aromatic N) is 4. The van der Waals surface area contributed by atoms with Gasteiger partial charge < -0.3 is 26.7 Å². The number of nitrogens with two attached hydrogens (primary N) is 3. The summed E-state index contributed by atoms with van der Waals surface area (Å²) >= 11 is 1.16. The van der Waals surface area contributed by atoms with E-state index in [1.54, 1.807) is 0 Å². The van der Waals surface area contributed by atoms with Gasteiger partial charge in [0, 0.05) is 18.5 Å². The fourth-order valence-electron chi connectivity index (χ4n) is 3.52. The molecule has 0 saturated carbocycles. The van der Waals surface area contributed by atoms with E-state index < -0.39 is 12.0 Å². The molecular formula is C21H38N7O3S+. The number of carbonyl (C=O) groups excluding carboxylic acids is 1. The Morgan fingerprint density at radius 2 is 2.09 bits per heavy atom. The smallest absolute Gasteiger partial charge is 0.327 e. The van der Waals surface area contributed by atoms with Crippen LogP contribution < -0.4 is 21.9 Å². The summed E-state index contributed by atoms with van der Waals surface area (Å²) in [5.41, 5.74) is 18.4. The Kier molecular flexibility index (Phi) is 10.8. The third-order valence-corrected chi connectivity index (χ3v) is 5.91. The van der Waals surface area contributed by atoms with E-state index in [0.29, 0.717) is 42.9 Å². The van der Waals surface area contributed by atoms with E-state index in [-0.39, 0.29) is 12.7 Å². The van der Waals surface area contributed by atoms with E-state index in [1.807, 2.05) is 0 Å². The topological polar surface area (TPSA) is 152 Å². The van der Waals surface area contributed by atoms with Crippen LogP contribution in [0.4, 0.5) is 0 Å². The number of rotatable bonds is 14. The molecule has 1 aromatic rings. The van der Waals surface area contributed by atoms with Crippen molar-refractivity contribution in [2.45, 2.75) is 57.9 Å². The number of carbonyl (C=O) groups is 1. The molecule has 0 aliphatic carbocycles. The molecule has 1 aromatic heterocycles. The SMILES string of the molecule is CCCCCCOc1nsnc1C1=CCC[N+](C)(COC(=O)[C@@H](N)CCCN=C(N)N)C1. The summed E-state index contributed by atoms with van der Waals surface area (Å²) in [5, 5.41) is 0. The van der Waals surface area contributed by atoms with Gasteiger partial charge in [-0.1, -0.05) is 32.3 Å². The third-order valence-electron chi connectivity index (χ3n) is 5.40. The molecular weight excluding hydrogens is 430 g/mol. The van der Waals surface area contributed by atoms with Crippen LogP contribution in [0.1, 0.15) is 57.6 Å². The number of hydrogen-bond donors (Lipinski definition) is 3. The van der Waals surface area contributed by atoms with Crippen molar-refractivity contribution in [2.75, 3.05) is 40.0 Å². The number of likely N-dealkylation sites (N-methyl/N-ethyl adjacent to an activating group) is 1. The predicted molar refractivity (Wildman–Crippen MR) is 127 cm³/mol. The number of esters is 1. The maximum atomic E-state index is 12.3. The highest BCUT2D eigenvalue weighted by Gasteiger charge is 2.31. The fourth-order valence-corrected chi connectivity index (χ4v) is 4.05. The Morgan fingerprint density at radius 1 is 1.28 bits per heavy atom. The van der Waals surface area contributed by atoms with Crippen LogP contribution >= 0.6 is 11.7 Å². The van der Waals surface area contributed by atoms with Gasteiger partial charge in [-0.25, -0.2) is 0 Å². The van der Waals surface area contributed by atoms with Gasteiger partial charge >= 0.3 is 5.97 Å². The van der Waals surface area contributed by atoms with Crippen molar-refractivity contribution < 1.29 is 18.8 Å². The average molecular weight is 469 g/mol. The molecule has 6 N–H and O–H groups in total. The zero-order valence-corrected chi connectivity index (χ0v) is 20.1. The van der Waals surface area contributed by atoms with Crippen molar-refractivity contribution in [1.82, 2.24) is 8.75 Å². The third kappa shape index (κ3) is 8.71. The van der Waals surface area contributed by atoms with Crippen molar-refractivity contribution in [3.05, 3.63) is 11.8 Å². The van der Waals surface area contributed by atoms with Crippen molar-refractivity contribution in [2.24, 2.45) is 22.2 Å². The summed E-state index contributed by atoms with van der Waals surface area (Å²) in [6.07, 6.45) is 8.70. The Morgan fingerprint density at radius 3 is 2.84 bits per heavy atom. The second-order valence-electron chi connectivity index (χ2n) is 8.49. The summed E-state index contributed by atoms with van der Waals surface area (Å²) in [4.78, 5) is 16.2. The monoisotopic (exact) mass is 468 g/mol. The van der Waals surface area contributed by atoms with E-state index in [4.69, 9.17) is 26.7 Å². The standard InChI is InChI=1S/C21H38N7O3S/c1-3-4-5-6-13-30-19-18(26-32-27-19)16-9-8-12-28(2,14-16)15-31-20(29)17(22)10-7-11-25-21(23)24/h9,17H,3-8,10-15,22H2,1-2H3,(H4,23,24,25)/q+1/t17-,28?/m0/s1. The van der Waals surface area contributed by atoms with Gasteiger partial charge in [-0.05, 0) is 19.3 Å². The van der Waals surface area contributed by atoms with Gasteiger partial charge in [0.25, 0.3) is 5.88 Å². The maximum Gasteiger partial charge on any atom is 0.327 e. The second-order valence-corrected chi connectivity index (χ2v) is 9.02. The van der Waals surface area contributed by atoms with E-state index in [1.165, 1.54) is 12.8 Å². The molecule has 2 atom stereocenters. The number of guanidine groups is 1. The number of aliphatic imine (C=N–C) groups is 1. The van der Waals surface area contributed by atoms with E-state index in [2.05, 4.69) is 33.8 Å². The van der Waals surface area contributed by atoms with Crippen LogP contribution in [0.5, 0.6) is 5.88 Å². The van der Waals surface area contributed by atoms with Gasteiger partial charge in [-0.2, -0.15) is 4.37 Å². The number of hydrogen-bond acceptors (Lipinski definition) is 8. The quantitative estimate of drug-likeness (QED) is 0.122. The molecule has 0 saturated heterocycles. The molecule has 10 nitrogen and oxygen atoms in total. The molecule has 2 rings (SSSR count). The zero-order valence-electron chi connectivity index (χ0n) is 19.3. The van der Waals surface area contributed by atoms with Crippen molar-refractivity contribution in [3.63, 3.8) is 0 Å². The maximum absolute atomic E-state index is 12.3. The molecule has 0 spiro atoms. The second kappa shape index (κ2) is 13.3. The summed E-state index contributed by atoms with van der Waals surface area (Å²) < 4.78 is 20.8. The first-order valence-electron chi connectivity index (χ1n) is 11.3. The lowest BCUT2D eigenvalue weighted by molar-refractivity contribution is -0.919. The predicted octanol–water partition coefficient (Wildman–Crippen LogP) is 1.61. The first-order chi connectivity index (χ1) is 15.3. The fraction of sp³-hybridized carbons (Fsp3) is 0.714. The van der Waals surface area contributed by atoms with Crippen LogP contribution in [0.15, 0.2) is 11.1 Å². The Balaban J connectivity index is 1.84. The van der Waals surface area contributed by atoms with Crippen LogP contribution in [-0.4, -0.2) is 71.2 Å². The number of unbranched alkanes of at least 4 members (excludes halogenated alkanes) is 3. The van der Waals surface area contributed by atoms with Crippen LogP contribution in [-0.2, 0) is 9.53 Å². The van der Waals surface area contributed by atoms with Crippen molar-refractivity contribution in [1.29, 1.82) is 0 Å². The van der Waals surface area contributed by atoms with Gasteiger partial charge in [0.05, 0.1) is 31.9 Å². The normalized spacial score (nSPS) is 19.2. The van der Waals surface area contributed by atoms with Crippen molar-refractivity contribution >= 4 is 29.2 Å². The molecule has 0 amide bonds. The van der Waals surface area contributed by atoms with Gasteiger partial charge in [0.1, 0.15) is 18.3 Å². The lowest BCUT2D eigenvalue weighted by atomic mass is 10.1. The largest absolute Gasteiger partial charge is 0.475 e. The van der Waals surface area contributed by atoms with Gasteiger partial charge in [-0.3, -0.25) is 14.3 Å². The average Bonchev–Trinajstić information content (AvgIpc) is 3.23. The van der Waals surface area contributed by atoms with Gasteiger partial charge in [-0.15, -0.1) is 4.37 Å². The Labute approximate surface area is 194 Å². The summed E-state index contributed by atoms with van der Waals surface area (Å²) in [6.45, 7) is 5.08. The highest BCUT2D eigenvalue weighted by atomic mass is 32.1. The number of aromatic nitrogens is 2. The molecule has 1 aliphatic rings. The minimum atomic E-state index is -0.689. The highest BCUT2D eigenvalue weighted by Crippen LogP contribution is 2.30. The molecule has 0 radical (unpaired) electrons. The summed E-state index contributed by atoms with van der Waals surface area (Å²) in [5.74, 6) is 0.232. The lowest BCUT2D eigenvalue weighted by Crippen LogP contribution is -2.50.